The number of nitrogens with zero attached hydrogens (tertiary/aromatic N) is 5. The van der Waals surface area contributed by atoms with Crippen LogP contribution in [0.15, 0.2) is 11.2 Å². The van der Waals surface area contributed by atoms with Crippen molar-refractivity contribution in [3.8, 4) is 0 Å². The molecule has 9 heteroatoms. The summed E-state index contributed by atoms with van der Waals surface area (Å²) in [7, 11) is 0. The Labute approximate surface area is 238 Å². The van der Waals surface area contributed by atoms with Gasteiger partial charge in [-0.2, -0.15) is 0 Å². The first-order chi connectivity index (χ1) is 18.0. The molecule has 3 atom stereocenters. The number of aromatic nitrogens is 2. The van der Waals surface area contributed by atoms with Crippen molar-refractivity contribution in [1.82, 2.24) is 19.8 Å². The number of rotatable bonds is 10. The molecule has 2 aliphatic heterocycles. The molecule has 38 heavy (non-hydrogen) atoms. The van der Waals surface area contributed by atoms with Crippen LogP contribution in [0.5, 0.6) is 0 Å². The van der Waals surface area contributed by atoms with E-state index >= 15 is 0 Å². The summed E-state index contributed by atoms with van der Waals surface area (Å²) >= 11 is 7.76. The summed E-state index contributed by atoms with van der Waals surface area (Å²) in [5.74, 6) is 1.52. The van der Waals surface area contributed by atoms with Crippen molar-refractivity contribution in [2.24, 2.45) is 10.8 Å². The number of fused-ring (bicyclic) bond motifs is 2. The number of anilines is 1. The maximum Gasteiger partial charge on any atom is 0.233 e. The second kappa shape index (κ2) is 12.3. The molecule has 1 aromatic rings. The van der Waals surface area contributed by atoms with Crippen molar-refractivity contribution in [2.75, 3.05) is 36.8 Å². The van der Waals surface area contributed by atoms with Gasteiger partial charge < -0.3 is 14.7 Å². The van der Waals surface area contributed by atoms with E-state index in [9.17, 15) is 9.59 Å². The summed E-state index contributed by atoms with van der Waals surface area (Å²) in [4.78, 5) is 41.5. The molecule has 2 saturated heterocycles. The van der Waals surface area contributed by atoms with Crippen LogP contribution >= 0.6 is 23.4 Å². The number of unbranched alkanes of at least 4 members (excludes halogenated alkanes) is 4. The molecule has 3 heterocycles. The van der Waals surface area contributed by atoms with Crippen molar-refractivity contribution in [1.29, 1.82) is 0 Å². The molecule has 4 rings (SSSR count). The minimum Gasteiger partial charge on any atom is -0.353 e. The fourth-order valence-electron chi connectivity index (χ4n) is 7.13. The molecule has 3 fully saturated rings. The average molecular weight is 564 g/mol. The third-order valence-corrected chi connectivity index (χ3v) is 9.51. The number of piperazine rings is 1. The topological polar surface area (TPSA) is 69.6 Å². The van der Waals surface area contributed by atoms with Crippen molar-refractivity contribution in [2.45, 2.75) is 110 Å². The molecule has 0 radical (unpaired) electrons. The van der Waals surface area contributed by atoms with Crippen LogP contribution in [0.2, 0.25) is 5.15 Å². The Morgan fingerprint density at radius 3 is 2.55 bits per heavy atom. The fourth-order valence-corrected chi connectivity index (χ4v) is 8.10. The number of hydrogen-bond acceptors (Lipinski definition) is 6. The summed E-state index contributed by atoms with van der Waals surface area (Å²) in [6.45, 7) is 14.2. The number of thioether (sulfide) groups is 1. The largest absolute Gasteiger partial charge is 0.353 e. The molecule has 212 valence electrons. The summed E-state index contributed by atoms with van der Waals surface area (Å²) in [6, 6.07) is 2.24. The van der Waals surface area contributed by atoms with Crippen LogP contribution < -0.4 is 4.90 Å². The van der Waals surface area contributed by atoms with Gasteiger partial charge in [0.2, 0.25) is 11.8 Å². The monoisotopic (exact) mass is 563 g/mol. The van der Waals surface area contributed by atoms with Crippen LogP contribution in [0, 0.1) is 10.8 Å². The minimum absolute atomic E-state index is 0.110. The number of carbonyl (C=O) groups excluding carboxylic acids is 2. The van der Waals surface area contributed by atoms with E-state index in [1.807, 2.05) is 4.90 Å². The molecular formula is C29H46ClN5O2S. The van der Waals surface area contributed by atoms with Crippen LogP contribution in [-0.2, 0) is 9.59 Å². The van der Waals surface area contributed by atoms with Crippen LogP contribution in [-0.4, -0.2) is 75.6 Å². The van der Waals surface area contributed by atoms with Crippen LogP contribution in [0.4, 0.5) is 5.82 Å². The summed E-state index contributed by atoms with van der Waals surface area (Å²) < 4.78 is 0. The third-order valence-electron chi connectivity index (χ3n) is 8.49. The Balaban J connectivity index is 1.30. The Kier molecular flexibility index (Phi) is 9.55. The van der Waals surface area contributed by atoms with Crippen LogP contribution in [0.3, 0.4) is 0 Å². The van der Waals surface area contributed by atoms with Gasteiger partial charge in [-0.25, -0.2) is 9.97 Å². The van der Waals surface area contributed by atoms with E-state index in [4.69, 9.17) is 16.6 Å². The molecule has 7 nitrogen and oxygen atoms in total. The predicted octanol–water partition coefficient (Wildman–Crippen LogP) is 6.05. The van der Waals surface area contributed by atoms with Crippen molar-refractivity contribution in [3.05, 3.63) is 11.2 Å². The number of carbonyl (C=O) groups is 2. The molecule has 3 unspecified atom stereocenters. The Hall–Kier alpha value is -1.54. The maximum absolute atomic E-state index is 13.2. The van der Waals surface area contributed by atoms with Crippen LogP contribution in [0.25, 0.3) is 0 Å². The van der Waals surface area contributed by atoms with Gasteiger partial charge in [0.1, 0.15) is 11.0 Å². The zero-order valence-corrected chi connectivity index (χ0v) is 25.5. The standard InChI is InChI=1S/C29H46ClN5O2S/c1-6-7-8-9-10-11-25(36)34-13-12-33(17-21(34)2)24-14-23(30)31-27(32-24)38-18-26(37)35-20-29(5)16-22(35)15-28(3,4)19-29/h14,21-22H,6-13,15-20H2,1-5H3. The normalized spacial score (nSPS) is 26.6. The molecule has 0 spiro atoms. The molecular weight excluding hydrogens is 518 g/mol. The first-order valence-corrected chi connectivity index (χ1v) is 15.9. The SMILES string of the molecule is CCCCCCCC(=O)N1CCN(c2cc(Cl)nc(SCC(=O)N3CC4(C)CC3CC(C)(C)C4)n2)CC1C. The molecule has 0 N–H and O–H groups in total. The molecule has 1 aromatic heterocycles. The van der Waals surface area contributed by atoms with Gasteiger partial charge in [-0.3, -0.25) is 9.59 Å². The number of hydrogen-bond donors (Lipinski definition) is 0. The van der Waals surface area contributed by atoms with E-state index in [-0.39, 0.29) is 28.7 Å². The number of halogens is 1. The van der Waals surface area contributed by atoms with E-state index < -0.39 is 0 Å². The van der Waals surface area contributed by atoms with E-state index in [2.05, 4.69) is 49.4 Å². The quantitative estimate of drug-likeness (QED) is 0.149. The predicted molar refractivity (Wildman–Crippen MR) is 156 cm³/mol. The highest BCUT2D eigenvalue weighted by Gasteiger charge is 2.50. The first-order valence-electron chi connectivity index (χ1n) is 14.5. The van der Waals surface area contributed by atoms with Gasteiger partial charge in [-0.1, -0.05) is 76.7 Å². The minimum atomic E-state index is 0.110. The lowest BCUT2D eigenvalue weighted by Crippen LogP contribution is -2.54. The zero-order valence-electron chi connectivity index (χ0n) is 24.0. The lowest BCUT2D eigenvalue weighted by molar-refractivity contribution is -0.133. The Bertz CT molecular complexity index is 1010. The van der Waals surface area contributed by atoms with Gasteiger partial charge in [-0.15, -0.1) is 0 Å². The second-order valence-electron chi connectivity index (χ2n) is 12.9. The highest BCUT2D eigenvalue weighted by molar-refractivity contribution is 7.99. The molecule has 1 aliphatic carbocycles. The number of likely N-dealkylation sites (tertiary alicyclic amines) is 1. The first kappa shape index (κ1) is 29.4. The lowest BCUT2D eigenvalue weighted by Gasteiger charge is -2.40. The number of amides is 2. The van der Waals surface area contributed by atoms with Gasteiger partial charge >= 0.3 is 0 Å². The van der Waals surface area contributed by atoms with Gasteiger partial charge in [0, 0.05) is 50.7 Å². The molecule has 2 amide bonds. The summed E-state index contributed by atoms with van der Waals surface area (Å²) in [6.07, 6.45) is 9.76. The van der Waals surface area contributed by atoms with Crippen molar-refractivity contribution in [3.63, 3.8) is 0 Å². The Morgan fingerprint density at radius 2 is 1.82 bits per heavy atom. The second-order valence-corrected chi connectivity index (χ2v) is 14.2. The average Bonchev–Trinajstić information content (AvgIpc) is 3.10. The molecule has 2 bridgehead atoms. The van der Waals surface area contributed by atoms with E-state index in [1.165, 1.54) is 37.4 Å². The van der Waals surface area contributed by atoms with Gasteiger partial charge in [0.05, 0.1) is 5.75 Å². The molecule has 3 aliphatic rings. The van der Waals surface area contributed by atoms with E-state index in [0.717, 1.165) is 38.0 Å². The zero-order chi connectivity index (χ0) is 27.5. The van der Waals surface area contributed by atoms with E-state index in [0.29, 0.717) is 48.2 Å². The van der Waals surface area contributed by atoms with Crippen molar-refractivity contribution >= 4 is 41.0 Å². The van der Waals surface area contributed by atoms with Gasteiger partial charge in [0.25, 0.3) is 0 Å². The summed E-state index contributed by atoms with van der Waals surface area (Å²) in [5.41, 5.74) is 0.507. The van der Waals surface area contributed by atoms with Gasteiger partial charge in [-0.05, 0) is 43.4 Å². The van der Waals surface area contributed by atoms with E-state index in [1.54, 1.807) is 6.07 Å². The van der Waals surface area contributed by atoms with Crippen molar-refractivity contribution < 1.29 is 9.59 Å². The highest BCUT2D eigenvalue weighted by atomic mass is 35.5. The third kappa shape index (κ3) is 7.35. The highest BCUT2D eigenvalue weighted by Crippen LogP contribution is 2.52. The summed E-state index contributed by atoms with van der Waals surface area (Å²) in [5, 5.41) is 0.919. The Morgan fingerprint density at radius 1 is 1.05 bits per heavy atom. The molecule has 1 saturated carbocycles. The lowest BCUT2D eigenvalue weighted by atomic mass is 9.65. The fraction of sp³-hybridized carbons (Fsp3) is 0.793. The smallest absolute Gasteiger partial charge is 0.233 e. The molecule has 0 aromatic carbocycles. The van der Waals surface area contributed by atoms with Crippen LogP contribution in [0.1, 0.15) is 92.4 Å². The maximum atomic E-state index is 13.2. The van der Waals surface area contributed by atoms with Gasteiger partial charge in [0.15, 0.2) is 5.16 Å².